The number of hydrogen-bond acceptors (Lipinski definition) is 5. The lowest BCUT2D eigenvalue weighted by Gasteiger charge is -2.21. The number of aryl methyl sites for hydroxylation is 1. The topological polar surface area (TPSA) is 75.2 Å². The van der Waals surface area contributed by atoms with Crippen LogP contribution in [0, 0.1) is 6.92 Å². The van der Waals surface area contributed by atoms with Gasteiger partial charge in [-0.05, 0) is 19.8 Å². The van der Waals surface area contributed by atoms with Gasteiger partial charge in [0.1, 0.15) is 11.6 Å². The monoisotopic (exact) mass is 270 g/mol. The molecule has 6 nitrogen and oxygen atoms in total. The zero-order chi connectivity index (χ0) is 13.3. The first-order chi connectivity index (χ1) is 8.41. The molecule has 0 radical (unpaired) electrons. The Hall–Kier alpha value is -1.21. The summed E-state index contributed by atoms with van der Waals surface area (Å²) in [5.74, 6) is 1.31. The summed E-state index contributed by atoms with van der Waals surface area (Å²) in [7, 11) is -1.41. The lowest BCUT2D eigenvalue weighted by molar-refractivity contribution is 0.386. The van der Waals surface area contributed by atoms with Gasteiger partial charge in [0.15, 0.2) is 0 Å². The average Bonchev–Trinajstić information content (AvgIpc) is 2.76. The van der Waals surface area contributed by atoms with Crippen LogP contribution in [-0.4, -0.2) is 42.5 Å². The van der Waals surface area contributed by atoms with Crippen LogP contribution < -0.4 is 5.32 Å². The number of hydrogen-bond donors (Lipinski definition) is 1. The van der Waals surface area contributed by atoms with Gasteiger partial charge in [0.2, 0.25) is 10.0 Å². The zero-order valence-electron chi connectivity index (χ0n) is 10.8. The second kappa shape index (κ2) is 4.81. The molecule has 7 heteroatoms. The highest BCUT2D eigenvalue weighted by molar-refractivity contribution is 7.88. The van der Waals surface area contributed by atoms with Crippen LogP contribution in [0.2, 0.25) is 0 Å². The molecule has 0 saturated carbocycles. The minimum absolute atomic E-state index is 0.230. The van der Waals surface area contributed by atoms with Gasteiger partial charge in [-0.2, -0.15) is 4.31 Å². The van der Waals surface area contributed by atoms with Gasteiger partial charge in [-0.25, -0.2) is 18.4 Å². The lowest BCUT2D eigenvalue weighted by Crippen LogP contribution is -2.30. The first-order valence-electron chi connectivity index (χ1n) is 5.92. The maximum atomic E-state index is 11.7. The molecule has 1 aliphatic rings. The van der Waals surface area contributed by atoms with Crippen molar-refractivity contribution < 1.29 is 8.42 Å². The van der Waals surface area contributed by atoms with Crippen molar-refractivity contribution in [3.05, 3.63) is 17.6 Å². The Morgan fingerprint density at radius 2 is 2.17 bits per heavy atom. The Morgan fingerprint density at radius 1 is 1.44 bits per heavy atom. The zero-order valence-corrected chi connectivity index (χ0v) is 11.7. The number of sulfonamides is 1. The number of nitrogens with zero attached hydrogens (tertiary/aromatic N) is 3. The minimum atomic E-state index is -3.20. The van der Waals surface area contributed by atoms with E-state index in [9.17, 15) is 8.42 Å². The second-order valence-electron chi connectivity index (χ2n) is 4.53. The Kier molecular flexibility index (Phi) is 3.54. The van der Waals surface area contributed by atoms with E-state index in [4.69, 9.17) is 0 Å². The smallest absolute Gasteiger partial charge is 0.211 e. The van der Waals surface area contributed by atoms with Crippen LogP contribution in [0.5, 0.6) is 0 Å². The first-order valence-corrected chi connectivity index (χ1v) is 7.77. The molecule has 0 aromatic carbocycles. The summed E-state index contributed by atoms with van der Waals surface area (Å²) in [5, 5.41) is 2.97. The van der Waals surface area contributed by atoms with Crippen molar-refractivity contribution in [2.75, 3.05) is 25.2 Å². The summed E-state index contributed by atoms with van der Waals surface area (Å²) in [6.07, 6.45) is 2.86. The van der Waals surface area contributed by atoms with Gasteiger partial charge in [-0.1, -0.05) is 0 Å². The number of anilines is 1. The quantitative estimate of drug-likeness (QED) is 0.884. The van der Waals surface area contributed by atoms with Gasteiger partial charge >= 0.3 is 0 Å². The second-order valence-corrected chi connectivity index (χ2v) is 6.47. The van der Waals surface area contributed by atoms with Gasteiger partial charge in [-0.3, -0.25) is 0 Å². The summed E-state index contributed by atoms with van der Waals surface area (Å²) in [6.45, 7) is 2.43. The van der Waals surface area contributed by atoms with Crippen molar-refractivity contribution in [2.45, 2.75) is 25.8 Å². The summed E-state index contributed by atoms with van der Waals surface area (Å²) >= 11 is 0. The van der Waals surface area contributed by atoms with Gasteiger partial charge in [0, 0.05) is 25.4 Å². The fraction of sp³-hybridized carbons (Fsp3) is 0.636. The molecule has 0 bridgehead atoms. The molecule has 1 aliphatic heterocycles. The lowest BCUT2D eigenvalue weighted by atomic mass is 10.2. The molecule has 0 aliphatic carbocycles. The van der Waals surface area contributed by atoms with Crippen LogP contribution in [0.1, 0.15) is 30.4 Å². The van der Waals surface area contributed by atoms with Gasteiger partial charge in [0.25, 0.3) is 0 Å². The molecule has 18 heavy (non-hydrogen) atoms. The van der Waals surface area contributed by atoms with Crippen LogP contribution in [-0.2, 0) is 10.0 Å². The van der Waals surface area contributed by atoms with Crippen molar-refractivity contribution in [3.8, 4) is 0 Å². The van der Waals surface area contributed by atoms with E-state index in [1.807, 2.05) is 13.0 Å². The molecule has 100 valence electrons. The highest BCUT2D eigenvalue weighted by Gasteiger charge is 2.34. The van der Waals surface area contributed by atoms with Crippen molar-refractivity contribution in [3.63, 3.8) is 0 Å². The molecule has 1 N–H and O–H groups in total. The summed E-state index contributed by atoms with van der Waals surface area (Å²) in [4.78, 5) is 8.74. The molecular weight excluding hydrogens is 252 g/mol. The molecule has 1 saturated heterocycles. The molecule has 1 aromatic heterocycles. The average molecular weight is 270 g/mol. The third-order valence-electron chi connectivity index (χ3n) is 3.06. The minimum Gasteiger partial charge on any atom is -0.373 e. The summed E-state index contributed by atoms with van der Waals surface area (Å²) < 4.78 is 24.9. The number of nitrogens with one attached hydrogen (secondary N) is 1. The SMILES string of the molecule is CNc1cc(C)nc(C2CCCN2S(C)(=O)=O)n1. The Labute approximate surface area is 107 Å². The molecule has 1 fully saturated rings. The van der Waals surface area contributed by atoms with Crippen molar-refractivity contribution in [2.24, 2.45) is 0 Å². The Morgan fingerprint density at radius 3 is 2.78 bits per heavy atom. The van der Waals surface area contributed by atoms with E-state index in [0.29, 0.717) is 12.4 Å². The van der Waals surface area contributed by atoms with E-state index >= 15 is 0 Å². The molecule has 2 heterocycles. The van der Waals surface area contributed by atoms with Crippen LogP contribution in [0.15, 0.2) is 6.07 Å². The predicted octanol–water partition coefficient (Wildman–Crippen LogP) is 0.923. The normalized spacial score (nSPS) is 21.2. The van der Waals surface area contributed by atoms with Crippen LogP contribution in [0.3, 0.4) is 0 Å². The third kappa shape index (κ3) is 2.62. The number of rotatable bonds is 3. The van der Waals surface area contributed by atoms with Crippen LogP contribution in [0.4, 0.5) is 5.82 Å². The van der Waals surface area contributed by atoms with E-state index in [0.717, 1.165) is 24.4 Å². The predicted molar refractivity (Wildman–Crippen MR) is 69.8 cm³/mol. The largest absolute Gasteiger partial charge is 0.373 e. The maximum Gasteiger partial charge on any atom is 0.211 e. The van der Waals surface area contributed by atoms with E-state index in [-0.39, 0.29) is 6.04 Å². The van der Waals surface area contributed by atoms with Crippen LogP contribution >= 0.6 is 0 Å². The molecule has 0 spiro atoms. The van der Waals surface area contributed by atoms with Gasteiger partial charge < -0.3 is 5.32 Å². The Bertz CT molecular complexity index is 544. The fourth-order valence-corrected chi connectivity index (χ4v) is 3.39. The van der Waals surface area contributed by atoms with Crippen molar-refractivity contribution in [1.82, 2.24) is 14.3 Å². The number of aromatic nitrogens is 2. The van der Waals surface area contributed by atoms with Crippen molar-refractivity contribution >= 4 is 15.8 Å². The standard InChI is InChI=1S/C11H18N4O2S/c1-8-7-10(12-2)14-11(13-8)9-5-4-6-15(9)18(3,16)17/h7,9H,4-6H2,1-3H3,(H,12,13,14). The molecule has 1 atom stereocenters. The van der Waals surface area contributed by atoms with E-state index < -0.39 is 10.0 Å². The highest BCUT2D eigenvalue weighted by Crippen LogP contribution is 2.32. The molecule has 2 rings (SSSR count). The molecule has 1 aromatic rings. The summed E-state index contributed by atoms with van der Waals surface area (Å²) in [5.41, 5.74) is 0.838. The summed E-state index contributed by atoms with van der Waals surface area (Å²) in [6, 6.07) is 1.61. The molecule has 1 unspecified atom stereocenters. The third-order valence-corrected chi connectivity index (χ3v) is 4.34. The first kappa shape index (κ1) is 13.2. The van der Waals surface area contributed by atoms with Crippen molar-refractivity contribution in [1.29, 1.82) is 0 Å². The van der Waals surface area contributed by atoms with Gasteiger partial charge in [-0.15, -0.1) is 0 Å². The highest BCUT2D eigenvalue weighted by atomic mass is 32.2. The van der Waals surface area contributed by atoms with E-state index in [2.05, 4.69) is 15.3 Å². The molecule has 0 amide bonds. The van der Waals surface area contributed by atoms with E-state index in [1.54, 1.807) is 7.05 Å². The van der Waals surface area contributed by atoms with E-state index in [1.165, 1.54) is 10.6 Å². The molecular formula is C11H18N4O2S. The fourth-order valence-electron chi connectivity index (χ4n) is 2.26. The Balaban J connectivity index is 2.39. The maximum absolute atomic E-state index is 11.7. The van der Waals surface area contributed by atoms with Crippen LogP contribution in [0.25, 0.3) is 0 Å². The van der Waals surface area contributed by atoms with Gasteiger partial charge in [0.05, 0.1) is 12.3 Å².